The number of hydrogen-bond donors (Lipinski definition) is 2. The maximum atomic E-state index is 12.5. The van der Waals surface area contributed by atoms with Crippen molar-refractivity contribution in [3.63, 3.8) is 0 Å². The minimum Gasteiger partial charge on any atom is -0.347 e. The van der Waals surface area contributed by atoms with Crippen molar-refractivity contribution >= 4 is 45.2 Å². The lowest BCUT2D eigenvalue weighted by Crippen LogP contribution is -2.15. The van der Waals surface area contributed by atoms with Crippen LogP contribution in [0.15, 0.2) is 66.7 Å². The molecular weight excluding hydrogens is 360 g/mol. The quantitative estimate of drug-likeness (QED) is 0.453. The van der Waals surface area contributed by atoms with Crippen molar-refractivity contribution in [3.05, 3.63) is 77.2 Å². The Hall–Kier alpha value is -3.25. The van der Waals surface area contributed by atoms with Crippen molar-refractivity contribution in [1.29, 1.82) is 0 Å². The van der Waals surface area contributed by atoms with E-state index >= 15 is 0 Å². The summed E-state index contributed by atoms with van der Waals surface area (Å²) in [6.45, 7) is 1.45. The third-order valence-corrected chi connectivity index (χ3v) is 4.89. The summed E-state index contributed by atoms with van der Waals surface area (Å²) >= 11 is 1.18. The topological polar surface area (TPSA) is 75.3 Å². The smallest absolute Gasteiger partial charge is 0.232 e. The number of hydrogen-bond acceptors (Lipinski definition) is 5. The van der Waals surface area contributed by atoms with Gasteiger partial charge in [-0.2, -0.15) is 0 Å². The second-order valence-corrected chi connectivity index (χ2v) is 6.97. The third-order valence-electron chi connectivity index (χ3n) is 3.80. The van der Waals surface area contributed by atoms with Gasteiger partial charge in [0.25, 0.3) is 0 Å². The fraction of sp³-hybridized carbons (Fsp3) is 0.0952. The van der Waals surface area contributed by atoms with Gasteiger partial charge in [0.1, 0.15) is 5.00 Å². The number of benzene rings is 2. The zero-order chi connectivity index (χ0) is 19.2. The summed E-state index contributed by atoms with van der Waals surface area (Å²) in [5.41, 5.74) is 1.90. The lowest BCUT2D eigenvalue weighted by atomic mass is 10.1. The Morgan fingerprint density at radius 2 is 1.48 bits per heavy atom. The molecule has 0 fully saturated rings. The van der Waals surface area contributed by atoms with Crippen LogP contribution in [0.3, 0.4) is 0 Å². The first-order chi connectivity index (χ1) is 13.0. The highest BCUT2D eigenvalue weighted by molar-refractivity contribution is 7.18. The largest absolute Gasteiger partial charge is 0.347 e. The molecule has 0 aliphatic carbocycles. The van der Waals surface area contributed by atoms with Gasteiger partial charge in [0.15, 0.2) is 11.6 Å². The molecule has 0 bridgehead atoms. The van der Waals surface area contributed by atoms with E-state index in [-0.39, 0.29) is 23.9 Å². The normalized spacial score (nSPS) is 10.3. The fourth-order valence-electron chi connectivity index (χ4n) is 2.50. The number of Topliss-reactive ketones (excluding diaryl/α,β-unsaturated/α-hetero) is 2. The molecule has 0 saturated carbocycles. The maximum Gasteiger partial charge on any atom is 0.232 e. The molecule has 0 unspecified atom stereocenters. The number of carbonyl (C=O) groups is 3. The minimum absolute atomic E-state index is 0.141. The van der Waals surface area contributed by atoms with Gasteiger partial charge in [-0.3, -0.25) is 14.4 Å². The highest BCUT2D eigenvalue weighted by Crippen LogP contribution is 2.32. The Morgan fingerprint density at radius 3 is 2.07 bits per heavy atom. The van der Waals surface area contributed by atoms with Crippen molar-refractivity contribution < 1.29 is 14.4 Å². The molecule has 0 radical (unpaired) electrons. The molecule has 1 amide bonds. The summed E-state index contributed by atoms with van der Waals surface area (Å²) in [4.78, 5) is 36.9. The first kappa shape index (κ1) is 18.5. The summed E-state index contributed by atoms with van der Waals surface area (Å²) in [6, 6.07) is 19.9. The van der Waals surface area contributed by atoms with E-state index in [1.165, 1.54) is 18.3 Å². The predicted octanol–water partition coefficient (Wildman–Crippen LogP) is 4.91. The number of amides is 1. The average Bonchev–Trinajstić information content (AvgIpc) is 3.07. The molecule has 1 aromatic heterocycles. The molecule has 6 heteroatoms. The Bertz CT molecular complexity index is 966. The van der Waals surface area contributed by atoms with Crippen LogP contribution in [0, 0.1) is 0 Å². The summed E-state index contributed by atoms with van der Waals surface area (Å²) < 4.78 is 0. The third kappa shape index (κ3) is 4.89. The summed E-state index contributed by atoms with van der Waals surface area (Å²) in [5.74, 6) is -0.851. The minimum atomic E-state index is -0.387. The summed E-state index contributed by atoms with van der Waals surface area (Å²) in [5, 5.41) is 6.45. The van der Waals surface area contributed by atoms with Crippen LogP contribution in [0.25, 0.3) is 0 Å². The van der Waals surface area contributed by atoms with Gasteiger partial charge in [0.05, 0.1) is 16.9 Å². The number of ketones is 2. The van der Waals surface area contributed by atoms with Gasteiger partial charge in [-0.05, 0) is 37.3 Å². The van der Waals surface area contributed by atoms with Crippen LogP contribution in [0.4, 0.5) is 16.4 Å². The van der Waals surface area contributed by atoms with E-state index in [4.69, 9.17) is 0 Å². The number of carbonyl (C=O) groups excluding carboxylic acids is 3. The van der Waals surface area contributed by atoms with Crippen LogP contribution in [0.2, 0.25) is 0 Å². The Kier molecular flexibility index (Phi) is 5.78. The molecule has 136 valence electrons. The van der Waals surface area contributed by atoms with Gasteiger partial charge in [0.2, 0.25) is 5.91 Å². The molecule has 1 heterocycles. The monoisotopic (exact) mass is 378 g/mol. The number of anilines is 3. The number of rotatable bonds is 7. The van der Waals surface area contributed by atoms with Crippen molar-refractivity contribution in [3.8, 4) is 0 Å². The van der Waals surface area contributed by atoms with Crippen molar-refractivity contribution in [2.24, 2.45) is 0 Å². The predicted molar refractivity (Wildman–Crippen MR) is 108 cm³/mol. The second-order valence-electron chi connectivity index (χ2n) is 5.91. The molecule has 0 aliphatic heterocycles. The van der Waals surface area contributed by atoms with Crippen LogP contribution < -0.4 is 10.6 Å². The SMILES string of the molecule is CC(=O)c1cc(C(=O)CC(=O)Nc2ccccc2)sc1Nc1ccccc1. The van der Waals surface area contributed by atoms with E-state index in [1.807, 2.05) is 36.4 Å². The average molecular weight is 378 g/mol. The molecule has 27 heavy (non-hydrogen) atoms. The molecular formula is C21H18N2O3S. The molecule has 5 nitrogen and oxygen atoms in total. The van der Waals surface area contributed by atoms with E-state index in [0.29, 0.717) is 21.1 Å². The molecule has 0 spiro atoms. The Balaban J connectivity index is 1.73. The number of nitrogens with one attached hydrogen (secondary N) is 2. The van der Waals surface area contributed by atoms with E-state index < -0.39 is 0 Å². The summed E-state index contributed by atoms with van der Waals surface area (Å²) in [7, 11) is 0. The van der Waals surface area contributed by atoms with E-state index in [2.05, 4.69) is 10.6 Å². The van der Waals surface area contributed by atoms with Crippen molar-refractivity contribution in [2.75, 3.05) is 10.6 Å². The van der Waals surface area contributed by atoms with Crippen molar-refractivity contribution in [1.82, 2.24) is 0 Å². The number of thiophene rings is 1. The first-order valence-electron chi connectivity index (χ1n) is 8.38. The first-order valence-corrected chi connectivity index (χ1v) is 9.19. The van der Waals surface area contributed by atoms with Crippen molar-refractivity contribution in [2.45, 2.75) is 13.3 Å². The van der Waals surface area contributed by atoms with Gasteiger partial charge in [-0.15, -0.1) is 11.3 Å². The standard InChI is InChI=1S/C21H18N2O3S/c1-14(24)17-12-19(27-21(17)23-16-10-6-3-7-11-16)18(25)13-20(26)22-15-8-4-2-5-9-15/h2-12,23H,13H2,1H3,(H,22,26). The Labute approximate surface area is 161 Å². The molecule has 3 aromatic rings. The lowest BCUT2D eigenvalue weighted by molar-refractivity contribution is -0.115. The van der Waals surface area contributed by atoms with Crippen LogP contribution in [-0.2, 0) is 4.79 Å². The van der Waals surface area contributed by atoms with Gasteiger partial charge in [0, 0.05) is 11.4 Å². The Morgan fingerprint density at radius 1 is 0.889 bits per heavy atom. The van der Waals surface area contributed by atoms with Gasteiger partial charge >= 0.3 is 0 Å². The second kappa shape index (κ2) is 8.42. The molecule has 2 aromatic carbocycles. The van der Waals surface area contributed by atoms with E-state index in [1.54, 1.807) is 30.3 Å². The zero-order valence-corrected chi connectivity index (χ0v) is 15.5. The number of para-hydroxylation sites is 2. The zero-order valence-electron chi connectivity index (χ0n) is 14.7. The molecule has 0 atom stereocenters. The fourth-order valence-corrected chi connectivity index (χ4v) is 3.56. The van der Waals surface area contributed by atoms with Crippen LogP contribution in [-0.4, -0.2) is 17.5 Å². The molecule has 3 rings (SSSR count). The maximum absolute atomic E-state index is 12.5. The lowest BCUT2D eigenvalue weighted by Gasteiger charge is -2.05. The molecule has 0 aliphatic rings. The van der Waals surface area contributed by atoms with E-state index in [9.17, 15) is 14.4 Å². The van der Waals surface area contributed by atoms with Gasteiger partial charge in [-0.25, -0.2) is 0 Å². The molecule has 2 N–H and O–H groups in total. The van der Waals surface area contributed by atoms with Gasteiger partial charge < -0.3 is 10.6 Å². The molecule has 0 saturated heterocycles. The van der Waals surface area contributed by atoms with Crippen LogP contribution in [0.1, 0.15) is 33.4 Å². The van der Waals surface area contributed by atoms with Gasteiger partial charge in [-0.1, -0.05) is 36.4 Å². The van der Waals surface area contributed by atoms with E-state index in [0.717, 1.165) is 5.69 Å². The highest BCUT2D eigenvalue weighted by atomic mass is 32.1. The summed E-state index contributed by atoms with van der Waals surface area (Å²) in [6.07, 6.45) is -0.280. The van der Waals surface area contributed by atoms with Crippen LogP contribution in [0.5, 0.6) is 0 Å². The highest BCUT2D eigenvalue weighted by Gasteiger charge is 2.19. The van der Waals surface area contributed by atoms with Crippen LogP contribution >= 0.6 is 11.3 Å².